The van der Waals surface area contributed by atoms with Gasteiger partial charge in [0.1, 0.15) is 0 Å². The van der Waals surface area contributed by atoms with Crippen molar-refractivity contribution in [1.82, 2.24) is 15.1 Å². The lowest BCUT2D eigenvalue weighted by Gasteiger charge is -2.19. The summed E-state index contributed by atoms with van der Waals surface area (Å²) in [6.07, 6.45) is 12.2. The number of fused-ring (bicyclic) bond motifs is 2. The first-order valence-corrected chi connectivity index (χ1v) is 7.81. The summed E-state index contributed by atoms with van der Waals surface area (Å²) in [5, 5.41) is 8.36. The molecule has 4 heteroatoms. The molecule has 0 aromatic carbocycles. The highest BCUT2D eigenvalue weighted by Gasteiger charge is 2.40. The van der Waals surface area contributed by atoms with Gasteiger partial charge in [-0.2, -0.15) is 5.10 Å². The Morgan fingerprint density at radius 3 is 2.89 bits per heavy atom. The van der Waals surface area contributed by atoms with Gasteiger partial charge < -0.3 is 10.1 Å². The van der Waals surface area contributed by atoms with Crippen molar-refractivity contribution in [1.29, 1.82) is 0 Å². The van der Waals surface area contributed by atoms with Crippen LogP contribution in [0.5, 0.6) is 0 Å². The predicted octanol–water partition coefficient (Wildman–Crippen LogP) is 2.41. The molecule has 3 fully saturated rings. The van der Waals surface area contributed by atoms with Crippen LogP contribution in [0.15, 0.2) is 12.3 Å². The number of nitrogens with one attached hydrogen (secondary N) is 1. The second-order valence-electron chi connectivity index (χ2n) is 6.32. The molecule has 4 nitrogen and oxygen atoms in total. The molecule has 2 aliphatic heterocycles. The highest BCUT2D eigenvalue weighted by molar-refractivity contribution is 5.02. The Balaban J connectivity index is 1.33. The third-order valence-corrected chi connectivity index (χ3v) is 5.01. The molecular weight excluding hydrogens is 238 g/mol. The maximum Gasteiger partial charge on any atom is 0.0762 e. The molecule has 0 amide bonds. The standard InChI is InChI=1S/C15H23N3O/c1-2-4-12(3-1)18-8-7-11(17-18)10-16-14-9-13-5-6-15(14)19-13/h7-8,12-16H,1-6,9-10H2. The van der Waals surface area contributed by atoms with E-state index >= 15 is 0 Å². The summed E-state index contributed by atoms with van der Waals surface area (Å²) < 4.78 is 8.05. The summed E-state index contributed by atoms with van der Waals surface area (Å²) in [5.74, 6) is 0. The van der Waals surface area contributed by atoms with Crippen LogP contribution >= 0.6 is 0 Å². The summed E-state index contributed by atoms with van der Waals surface area (Å²) in [6, 6.07) is 3.37. The molecule has 0 radical (unpaired) electrons. The van der Waals surface area contributed by atoms with Crippen LogP contribution in [-0.2, 0) is 11.3 Å². The molecule has 3 aliphatic rings. The van der Waals surface area contributed by atoms with Gasteiger partial charge in [-0.25, -0.2) is 0 Å². The Morgan fingerprint density at radius 1 is 1.26 bits per heavy atom. The fourth-order valence-electron chi connectivity index (χ4n) is 3.93. The van der Waals surface area contributed by atoms with Crippen molar-refractivity contribution in [2.75, 3.05) is 0 Å². The molecule has 3 heterocycles. The van der Waals surface area contributed by atoms with E-state index in [9.17, 15) is 0 Å². The average molecular weight is 261 g/mol. The van der Waals surface area contributed by atoms with E-state index in [1.165, 1.54) is 50.6 Å². The summed E-state index contributed by atoms with van der Waals surface area (Å²) >= 11 is 0. The van der Waals surface area contributed by atoms with Crippen LogP contribution in [0.1, 0.15) is 56.7 Å². The number of rotatable bonds is 4. The van der Waals surface area contributed by atoms with Gasteiger partial charge in [0.15, 0.2) is 0 Å². The molecule has 1 aromatic heterocycles. The summed E-state index contributed by atoms with van der Waals surface area (Å²) in [7, 11) is 0. The molecule has 2 saturated heterocycles. The Hall–Kier alpha value is -0.870. The topological polar surface area (TPSA) is 39.1 Å². The van der Waals surface area contributed by atoms with Crippen LogP contribution in [0.4, 0.5) is 0 Å². The summed E-state index contributed by atoms with van der Waals surface area (Å²) in [4.78, 5) is 0. The minimum Gasteiger partial charge on any atom is -0.373 e. The normalized spacial score (nSPS) is 34.4. The first kappa shape index (κ1) is 11.9. The van der Waals surface area contributed by atoms with Gasteiger partial charge in [-0.3, -0.25) is 4.68 Å². The first-order valence-electron chi connectivity index (χ1n) is 7.81. The van der Waals surface area contributed by atoms with Crippen molar-refractivity contribution in [2.45, 2.75) is 75.8 Å². The largest absolute Gasteiger partial charge is 0.373 e. The minimum atomic E-state index is 0.460. The van der Waals surface area contributed by atoms with Crippen LogP contribution in [0.2, 0.25) is 0 Å². The third kappa shape index (κ3) is 2.32. The Kier molecular flexibility index (Phi) is 3.08. The molecule has 1 aliphatic carbocycles. The lowest BCUT2D eigenvalue weighted by atomic mass is 9.95. The van der Waals surface area contributed by atoms with Crippen molar-refractivity contribution >= 4 is 0 Å². The van der Waals surface area contributed by atoms with Gasteiger partial charge in [-0.1, -0.05) is 12.8 Å². The quantitative estimate of drug-likeness (QED) is 0.904. The van der Waals surface area contributed by atoms with Gasteiger partial charge >= 0.3 is 0 Å². The van der Waals surface area contributed by atoms with Crippen molar-refractivity contribution in [3.05, 3.63) is 18.0 Å². The van der Waals surface area contributed by atoms with E-state index < -0.39 is 0 Å². The average Bonchev–Trinajstić information content (AvgIpc) is 3.17. The zero-order valence-electron chi connectivity index (χ0n) is 11.4. The van der Waals surface area contributed by atoms with E-state index in [0.29, 0.717) is 24.3 Å². The highest BCUT2D eigenvalue weighted by Crippen LogP contribution is 2.34. The number of hydrogen-bond acceptors (Lipinski definition) is 3. The van der Waals surface area contributed by atoms with E-state index in [0.717, 1.165) is 6.54 Å². The minimum absolute atomic E-state index is 0.460. The van der Waals surface area contributed by atoms with E-state index in [1.54, 1.807) is 0 Å². The molecule has 3 atom stereocenters. The molecule has 4 rings (SSSR count). The van der Waals surface area contributed by atoms with Gasteiger partial charge in [-0.15, -0.1) is 0 Å². The smallest absolute Gasteiger partial charge is 0.0762 e. The van der Waals surface area contributed by atoms with Crippen LogP contribution < -0.4 is 5.32 Å². The molecule has 1 aromatic rings. The van der Waals surface area contributed by atoms with Gasteiger partial charge in [0.2, 0.25) is 0 Å². The summed E-state index contributed by atoms with van der Waals surface area (Å²) in [6.45, 7) is 0.886. The number of hydrogen-bond donors (Lipinski definition) is 1. The van der Waals surface area contributed by atoms with E-state index in [1.807, 2.05) is 0 Å². The maximum atomic E-state index is 5.87. The van der Waals surface area contributed by atoms with Crippen molar-refractivity contribution in [3.63, 3.8) is 0 Å². The van der Waals surface area contributed by atoms with Crippen LogP contribution in [0.3, 0.4) is 0 Å². The molecule has 19 heavy (non-hydrogen) atoms. The molecule has 3 unspecified atom stereocenters. The van der Waals surface area contributed by atoms with Crippen LogP contribution in [0.25, 0.3) is 0 Å². The van der Waals surface area contributed by atoms with E-state index in [2.05, 4.69) is 22.3 Å². The summed E-state index contributed by atoms with van der Waals surface area (Å²) in [5.41, 5.74) is 1.18. The van der Waals surface area contributed by atoms with Gasteiger partial charge in [-0.05, 0) is 38.2 Å². The number of ether oxygens (including phenoxy) is 1. The van der Waals surface area contributed by atoms with Crippen molar-refractivity contribution < 1.29 is 4.74 Å². The lowest BCUT2D eigenvalue weighted by molar-refractivity contribution is 0.0972. The van der Waals surface area contributed by atoms with Crippen molar-refractivity contribution in [2.24, 2.45) is 0 Å². The molecular formula is C15H23N3O. The monoisotopic (exact) mass is 261 g/mol. The van der Waals surface area contributed by atoms with E-state index in [-0.39, 0.29) is 0 Å². The molecule has 1 N–H and O–H groups in total. The lowest BCUT2D eigenvalue weighted by Crippen LogP contribution is -2.37. The third-order valence-electron chi connectivity index (χ3n) is 5.01. The Morgan fingerprint density at radius 2 is 2.16 bits per heavy atom. The number of aromatic nitrogens is 2. The fourth-order valence-corrected chi connectivity index (χ4v) is 3.93. The second-order valence-corrected chi connectivity index (χ2v) is 6.32. The zero-order valence-corrected chi connectivity index (χ0v) is 11.4. The SMILES string of the molecule is c1cn(C2CCCC2)nc1CNC1CC2CCC1O2. The molecule has 2 bridgehead atoms. The second kappa shape index (κ2) is 4.91. The van der Waals surface area contributed by atoms with Crippen LogP contribution in [0, 0.1) is 0 Å². The number of nitrogens with zero attached hydrogens (tertiary/aromatic N) is 2. The first-order chi connectivity index (χ1) is 9.38. The fraction of sp³-hybridized carbons (Fsp3) is 0.800. The predicted molar refractivity (Wildman–Crippen MR) is 72.9 cm³/mol. The Bertz CT molecular complexity index is 438. The van der Waals surface area contributed by atoms with Gasteiger partial charge in [0.05, 0.1) is 23.9 Å². The van der Waals surface area contributed by atoms with Gasteiger partial charge in [0.25, 0.3) is 0 Å². The zero-order chi connectivity index (χ0) is 12.7. The molecule has 0 spiro atoms. The van der Waals surface area contributed by atoms with Gasteiger partial charge in [0, 0.05) is 18.8 Å². The van der Waals surface area contributed by atoms with Crippen LogP contribution in [-0.4, -0.2) is 28.0 Å². The molecule has 104 valence electrons. The van der Waals surface area contributed by atoms with Crippen molar-refractivity contribution in [3.8, 4) is 0 Å². The molecule has 1 saturated carbocycles. The Labute approximate surface area is 114 Å². The van der Waals surface area contributed by atoms with E-state index in [4.69, 9.17) is 9.84 Å². The maximum absolute atomic E-state index is 5.87. The highest BCUT2D eigenvalue weighted by atomic mass is 16.5.